The number of nitrogens with zero attached hydrogens (tertiary/aromatic N) is 3. The molecule has 1 aliphatic rings. The quantitative estimate of drug-likeness (QED) is 0.648. The van der Waals surface area contributed by atoms with Crippen molar-refractivity contribution in [1.29, 1.82) is 0 Å². The van der Waals surface area contributed by atoms with Gasteiger partial charge in [0.2, 0.25) is 5.91 Å². The number of nitrogens with one attached hydrogen (secondary N) is 1. The standard InChI is InChI=1S/C25H28N4O3/c1-28-23(19-8-4-3-5-9-19)16-22(27-28)25(31)26-20-11-12-24(30)29(14-13-20)17-18-7-6-10-21(15-18)32-2/h3-10,15-16,20H,11-14,17H2,1-2H3,(H,26,31). The summed E-state index contributed by atoms with van der Waals surface area (Å²) in [6.07, 6.45) is 1.74. The van der Waals surface area contributed by atoms with Crippen LogP contribution in [-0.4, -0.2) is 46.2 Å². The van der Waals surface area contributed by atoms with E-state index in [2.05, 4.69) is 10.4 Å². The fourth-order valence-corrected chi connectivity index (χ4v) is 4.06. The van der Waals surface area contributed by atoms with E-state index in [1.54, 1.807) is 11.8 Å². The van der Waals surface area contributed by atoms with Crippen LogP contribution in [0.5, 0.6) is 5.75 Å². The number of methoxy groups -OCH3 is 1. The highest BCUT2D eigenvalue weighted by molar-refractivity contribution is 5.93. The van der Waals surface area contributed by atoms with Gasteiger partial charge < -0.3 is 15.0 Å². The van der Waals surface area contributed by atoms with E-state index in [9.17, 15) is 9.59 Å². The Balaban J connectivity index is 1.38. The summed E-state index contributed by atoms with van der Waals surface area (Å²) in [6.45, 7) is 1.13. The normalized spacial score (nSPS) is 16.5. The summed E-state index contributed by atoms with van der Waals surface area (Å²) < 4.78 is 7.00. The second kappa shape index (κ2) is 9.68. The molecule has 0 spiro atoms. The third kappa shape index (κ3) is 4.99. The molecule has 32 heavy (non-hydrogen) atoms. The highest BCUT2D eigenvalue weighted by atomic mass is 16.5. The molecule has 4 rings (SSSR count). The zero-order valence-electron chi connectivity index (χ0n) is 18.5. The van der Waals surface area contributed by atoms with Gasteiger partial charge in [0.05, 0.1) is 12.8 Å². The molecular weight excluding hydrogens is 404 g/mol. The number of benzene rings is 2. The molecule has 7 heteroatoms. The van der Waals surface area contributed by atoms with E-state index < -0.39 is 0 Å². The SMILES string of the molecule is COc1cccc(CN2CCC(NC(=O)c3cc(-c4ccccc4)n(C)n3)CCC2=O)c1. The molecule has 1 aromatic heterocycles. The maximum Gasteiger partial charge on any atom is 0.272 e. The largest absolute Gasteiger partial charge is 0.497 e. The molecule has 2 heterocycles. The molecule has 1 aliphatic heterocycles. The first kappa shape index (κ1) is 21.6. The fraction of sp³-hybridized carbons (Fsp3) is 0.320. The first-order chi connectivity index (χ1) is 15.5. The van der Waals surface area contributed by atoms with Gasteiger partial charge in [-0.05, 0) is 42.2 Å². The first-order valence-corrected chi connectivity index (χ1v) is 10.8. The second-order valence-corrected chi connectivity index (χ2v) is 8.07. The molecule has 0 radical (unpaired) electrons. The predicted octanol–water partition coefficient (Wildman–Crippen LogP) is 3.41. The first-order valence-electron chi connectivity index (χ1n) is 10.8. The molecule has 1 unspecified atom stereocenters. The van der Waals surface area contributed by atoms with Gasteiger partial charge in [-0.25, -0.2) is 0 Å². The van der Waals surface area contributed by atoms with Gasteiger partial charge in [-0.15, -0.1) is 0 Å². The molecule has 2 aromatic carbocycles. The molecule has 1 fully saturated rings. The lowest BCUT2D eigenvalue weighted by atomic mass is 10.1. The van der Waals surface area contributed by atoms with Crippen molar-refractivity contribution in [2.24, 2.45) is 7.05 Å². The Kier molecular flexibility index (Phi) is 6.54. The Hall–Kier alpha value is -3.61. The summed E-state index contributed by atoms with van der Waals surface area (Å²) in [6, 6.07) is 19.4. The summed E-state index contributed by atoms with van der Waals surface area (Å²) in [5.74, 6) is 0.676. The number of carbonyl (C=O) groups excluding carboxylic acids is 2. The van der Waals surface area contributed by atoms with E-state index in [0.717, 1.165) is 22.6 Å². The molecule has 0 saturated carbocycles. The number of carbonyl (C=O) groups is 2. The average molecular weight is 433 g/mol. The van der Waals surface area contributed by atoms with Gasteiger partial charge in [0.1, 0.15) is 5.75 Å². The van der Waals surface area contributed by atoms with Crippen molar-refractivity contribution in [3.63, 3.8) is 0 Å². The highest BCUT2D eigenvalue weighted by Crippen LogP contribution is 2.21. The third-order valence-electron chi connectivity index (χ3n) is 5.83. The van der Waals surface area contributed by atoms with Crippen molar-refractivity contribution in [1.82, 2.24) is 20.0 Å². The van der Waals surface area contributed by atoms with Crippen molar-refractivity contribution >= 4 is 11.8 Å². The van der Waals surface area contributed by atoms with Crippen LogP contribution in [0, 0.1) is 0 Å². The topological polar surface area (TPSA) is 76.5 Å². The summed E-state index contributed by atoms with van der Waals surface area (Å²) in [5.41, 5.74) is 3.31. The van der Waals surface area contributed by atoms with E-state index >= 15 is 0 Å². The number of hydrogen-bond donors (Lipinski definition) is 1. The van der Waals surface area contributed by atoms with Crippen LogP contribution in [0.3, 0.4) is 0 Å². The van der Waals surface area contributed by atoms with Gasteiger partial charge in [0.25, 0.3) is 5.91 Å². The summed E-state index contributed by atoms with van der Waals surface area (Å²) in [4.78, 5) is 27.3. The van der Waals surface area contributed by atoms with Gasteiger partial charge >= 0.3 is 0 Å². The Morgan fingerprint density at radius 3 is 2.72 bits per heavy atom. The maximum atomic E-state index is 12.8. The fourth-order valence-electron chi connectivity index (χ4n) is 4.06. The zero-order valence-corrected chi connectivity index (χ0v) is 18.5. The molecule has 1 atom stereocenters. The molecule has 1 saturated heterocycles. The van der Waals surface area contributed by atoms with Crippen LogP contribution in [0.1, 0.15) is 35.3 Å². The van der Waals surface area contributed by atoms with Crippen LogP contribution in [0.2, 0.25) is 0 Å². The summed E-state index contributed by atoms with van der Waals surface area (Å²) in [5, 5.41) is 7.47. The minimum atomic E-state index is -0.207. The van der Waals surface area contributed by atoms with E-state index in [4.69, 9.17) is 4.74 Å². The van der Waals surface area contributed by atoms with Crippen LogP contribution in [0.15, 0.2) is 60.7 Å². The molecule has 0 bridgehead atoms. The molecule has 3 aromatic rings. The van der Waals surface area contributed by atoms with Crippen LogP contribution in [0.25, 0.3) is 11.3 Å². The van der Waals surface area contributed by atoms with Crippen LogP contribution >= 0.6 is 0 Å². The van der Waals surface area contributed by atoms with Crippen molar-refractivity contribution in [3.8, 4) is 17.0 Å². The number of rotatable bonds is 6. The monoisotopic (exact) mass is 432 g/mol. The number of ether oxygens (including phenoxy) is 1. The lowest BCUT2D eigenvalue weighted by molar-refractivity contribution is -0.131. The van der Waals surface area contributed by atoms with Crippen LogP contribution in [0.4, 0.5) is 0 Å². The maximum absolute atomic E-state index is 12.8. The third-order valence-corrected chi connectivity index (χ3v) is 5.83. The van der Waals surface area contributed by atoms with Gasteiger partial charge in [-0.3, -0.25) is 14.3 Å². The van der Waals surface area contributed by atoms with Gasteiger partial charge in [0.15, 0.2) is 5.69 Å². The van der Waals surface area contributed by atoms with E-state index in [-0.39, 0.29) is 17.9 Å². The minimum absolute atomic E-state index is 0.0658. The van der Waals surface area contributed by atoms with Gasteiger partial charge in [-0.2, -0.15) is 5.10 Å². The number of amides is 2. The predicted molar refractivity (Wildman–Crippen MR) is 122 cm³/mol. The number of likely N-dealkylation sites (tertiary alicyclic amines) is 1. The second-order valence-electron chi connectivity index (χ2n) is 8.07. The Labute approximate surface area is 188 Å². The van der Waals surface area contributed by atoms with Crippen molar-refractivity contribution in [3.05, 3.63) is 71.9 Å². The van der Waals surface area contributed by atoms with Gasteiger partial charge in [0, 0.05) is 32.6 Å². The van der Waals surface area contributed by atoms with E-state index in [0.29, 0.717) is 38.0 Å². The van der Waals surface area contributed by atoms with Crippen molar-refractivity contribution in [2.75, 3.05) is 13.7 Å². The molecule has 2 amide bonds. The Bertz CT molecular complexity index is 1090. The zero-order chi connectivity index (χ0) is 22.5. The smallest absolute Gasteiger partial charge is 0.272 e. The van der Waals surface area contributed by atoms with Crippen LogP contribution < -0.4 is 10.1 Å². The molecule has 0 aliphatic carbocycles. The molecule has 1 N–H and O–H groups in total. The summed E-state index contributed by atoms with van der Waals surface area (Å²) >= 11 is 0. The Morgan fingerprint density at radius 2 is 1.94 bits per heavy atom. The molecule has 7 nitrogen and oxygen atoms in total. The highest BCUT2D eigenvalue weighted by Gasteiger charge is 2.25. The number of aromatic nitrogens is 2. The van der Waals surface area contributed by atoms with Crippen molar-refractivity contribution in [2.45, 2.75) is 31.8 Å². The summed E-state index contributed by atoms with van der Waals surface area (Å²) in [7, 11) is 3.47. The van der Waals surface area contributed by atoms with Crippen molar-refractivity contribution < 1.29 is 14.3 Å². The van der Waals surface area contributed by atoms with Gasteiger partial charge in [-0.1, -0.05) is 42.5 Å². The lowest BCUT2D eigenvalue weighted by Gasteiger charge is -2.21. The molecular formula is C25H28N4O3. The lowest BCUT2D eigenvalue weighted by Crippen LogP contribution is -2.36. The number of aryl methyl sites for hydroxylation is 1. The minimum Gasteiger partial charge on any atom is -0.497 e. The van der Waals surface area contributed by atoms with E-state index in [1.165, 1.54) is 0 Å². The molecule has 166 valence electrons. The Morgan fingerprint density at radius 1 is 1.12 bits per heavy atom. The van der Waals surface area contributed by atoms with Crippen LogP contribution in [-0.2, 0) is 18.4 Å². The van der Waals surface area contributed by atoms with E-state index in [1.807, 2.05) is 72.6 Å². The number of hydrogen-bond acceptors (Lipinski definition) is 4. The average Bonchev–Trinajstić information content (AvgIpc) is 3.13.